The van der Waals surface area contributed by atoms with Crippen LogP contribution >= 0.6 is 0 Å². The highest BCUT2D eigenvalue weighted by atomic mass is 16.5. The fraction of sp³-hybridized carbons (Fsp3) is 0.929. The molecule has 0 saturated carbocycles. The Bertz CT molecular complexity index is 223. The molecule has 1 N–H and O–H groups in total. The van der Waals surface area contributed by atoms with E-state index >= 15 is 0 Å². The van der Waals surface area contributed by atoms with Crippen molar-refractivity contribution in [3.63, 3.8) is 0 Å². The van der Waals surface area contributed by atoms with Gasteiger partial charge < -0.3 is 4.74 Å². The van der Waals surface area contributed by atoms with Gasteiger partial charge in [0.25, 0.3) is 0 Å². The molecule has 0 heterocycles. The summed E-state index contributed by atoms with van der Waals surface area (Å²) in [5.41, 5.74) is -0.350. The fourth-order valence-corrected chi connectivity index (χ4v) is 1.72. The van der Waals surface area contributed by atoms with Crippen LogP contribution in [-0.4, -0.2) is 25.3 Å². The lowest BCUT2D eigenvalue weighted by molar-refractivity contribution is 0.102. The van der Waals surface area contributed by atoms with Gasteiger partial charge in [-0.2, -0.15) is 5.26 Å². The first kappa shape index (κ1) is 16.4. The van der Waals surface area contributed by atoms with E-state index in [1.807, 2.05) is 0 Å². The smallest absolute Gasteiger partial charge is 0.106 e. The minimum Gasteiger partial charge on any atom is -0.381 e. The Morgan fingerprint density at radius 1 is 1.35 bits per heavy atom. The van der Waals surface area contributed by atoms with E-state index in [2.05, 4.69) is 39.1 Å². The zero-order valence-electron chi connectivity index (χ0n) is 11.9. The summed E-state index contributed by atoms with van der Waals surface area (Å²) in [7, 11) is 0. The summed E-state index contributed by atoms with van der Waals surface area (Å²) in [5.74, 6) is 0.583. The zero-order valence-corrected chi connectivity index (χ0v) is 11.9. The highest BCUT2D eigenvalue weighted by Crippen LogP contribution is 2.16. The maximum Gasteiger partial charge on any atom is 0.106 e. The van der Waals surface area contributed by atoms with Gasteiger partial charge in [0, 0.05) is 13.2 Å². The van der Waals surface area contributed by atoms with Crippen molar-refractivity contribution >= 4 is 0 Å². The second kappa shape index (κ2) is 9.44. The standard InChI is InChI=1S/C14H28N2O/c1-5-9-16-14(6-2,12-15)8-7-10-17-11-13(3)4/h13,16H,5-11H2,1-4H3. The third-order valence-corrected chi connectivity index (χ3v) is 2.87. The zero-order chi connectivity index (χ0) is 13.1. The molecule has 100 valence electrons. The van der Waals surface area contributed by atoms with Gasteiger partial charge in [-0.25, -0.2) is 0 Å². The van der Waals surface area contributed by atoms with Crippen LogP contribution in [0.1, 0.15) is 53.4 Å². The van der Waals surface area contributed by atoms with Crippen LogP contribution in [0.4, 0.5) is 0 Å². The molecule has 0 aliphatic rings. The van der Waals surface area contributed by atoms with Gasteiger partial charge in [0.2, 0.25) is 0 Å². The largest absolute Gasteiger partial charge is 0.381 e. The minimum absolute atomic E-state index is 0.350. The number of hydrogen-bond donors (Lipinski definition) is 1. The van der Waals surface area contributed by atoms with Crippen molar-refractivity contribution in [1.82, 2.24) is 5.32 Å². The van der Waals surface area contributed by atoms with Crippen molar-refractivity contribution < 1.29 is 4.74 Å². The van der Waals surface area contributed by atoms with Crippen LogP contribution in [0.25, 0.3) is 0 Å². The first-order valence-electron chi connectivity index (χ1n) is 6.84. The molecule has 0 aliphatic carbocycles. The lowest BCUT2D eigenvalue weighted by Crippen LogP contribution is -2.44. The summed E-state index contributed by atoms with van der Waals surface area (Å²) >= 11 is 0. The summed E-state index contributed by atoms with van der Waals surface area (Å²) in [6.07, 6.45) is 3.74. The number of nitriles is 1. The lowest BCUT2D eigenvalue weighted by Gasteiger charge is -2.26. The van der Waals surface area contributed by atoms with Crippen LogP contribution in [-0.2, 0) is 4.74 Å². The third kappa shape index (κ3) is 7.36. The molecular formula is C14H28N2O. The molecule has 0 rings (SSSR count). The fourth-order valence-electron chi connectivity index (χ4n) is 1.72. The van der Waals surface area contributed by atoms with Gasteiger partial charge in [0.15, 0.2) is 0 Å². The maximum absolute atomic E-state index is 9.29. The predicted octanol–water partition coefficient (Wildman–Crippen LogP) is 3.11. The molecular weight excluding hydrogens is 212 g/mol. The van der Waals surface area contributed by atoms with E-state index in [1.54, 1.807) is 0 Å². The molecule has 0 aromatic carbocycles. The average molecular weight is 240 g/mol. The van der Waals surface area contributed by atoms with Gasteiger partial charge in [-0.1, -0.05) is 27.7 Å². The Kier molecular flexibility index (Phi) is 9.11. The molecule has 0 aliphatic heterocycles. The molecule has 0 bridgehead atoms. The molecule has 0 aromatic rings. The van der Waals surface area contributed by atoms with Crippen molar-refractivity contribution in [2.75, 3.05) is 19.8 Å². The Morgan fingerprint density at radius 3 is 2.53 bits per heavy atom. The molecule has 1 unspecified atom stereocenters. The summed E-state index contributed by atoms with van der Waals surface area (Å²) in [6.45, 7) is 11.0. The Hall–Kier alpha value is -0.590. The van der Waals surface area contributed by atoms with Gasteiger partial charge >= 0.3 is 0 Å². The van der Waals surface area contributed by atoms with Gasteiger partial charge in [-0.05, 0) is 38.1 Å². The first-order valence-corrected chi connectivity index (χ1v) is 6.84. The Morgan fingerprint density at radius 2 is 2.06 bits per heavy atom. The summed E-state index contributed by atoms with van der Waals surface area (Å²) in [5, 5.41) is 12.7. The monoisotopic (exact) mass is 240 g/mol. The summed E-state index contributed by atoms with van der Waals surface area (Å²) < 4.78 is 5.55. The predicted molar refractivity (Wildman–Crippen MR) is 71.8 cm³/mol. The molecule has 3 heteroatoms. The van der Waals surface area contributed by atoms with E-state index in [4.69, 9.17) is 4.74 Å². The SMILES string of the molecule is CCCNC(C#N)(CC)CCCOCC(C)C. The van der Waals surface area contributed by atoms with Crippen LogP contribution in [0.5, 0.6) is 0 Å². The molecule has 0 saturated heterocycles. The minimum atomic E-state index is -0.350. The van der Waals surface area contributed by atoms with E-state index in [0.29, 0.717) is 5.92 Å². The van der Waals surface area contributed by atoms with Crippen LogP contribution < -0.4 is 5.32 Å². The molecule has 0 aromatic heterocycles. The van der Waals surface area contributed by atoms with Crippen molar-refractivity contribution in [1.29, 1.82) is 5.26 Å². The van der Waals surface area contributed by atoms with Gasteiger partial charge in [0.1, 0.15) is 5.54 Å². The first-order chi connectivity index (χ1) is 8.10. The number of rotatable bonds is 10. The van der Waals surface area contributed by atoms with Crippen LogP contribution in [0.2, 0.25) is 0 Å². The second-order valence-corrected chi connectivity index (χ2v) is 5.05. The molecule has 0 fully saturated rings. The molecule has 0 amide bonds. The van der Waals surface area contributed by atoms with Gasteiger partial charge in [-0.3, -0.25) is 5.32 Å². The van der Waals surface area contributed by atoms with Crippen molar-refractivity contribution in [2.24, 2.45) is 5.92 Å². The molecule has 0 radical (unpaired) electrons. The number of ether oxygens (including phenoxy) is 1. The molecule has 1 atom stereocenters. The lowest BCUT2D eigenvalue weighted by atomic mass is 9.92. The Balaban J connectivity index is 3.88. The average Bonchev–Trinajstić information content (AvgIpc) is 2.33. The van der Waals surface area contributed by atoms with E-state index in [1.165, 1.54) is 0 Å². The van der Waals surface area contributed by atoms with E-state index in [0.717, 1.165) is 45.4 Å². The Labute approximate surface area is 107 Å². The van der Waals surface area contributed by atoms with Crippen molar-refractivity contribution in [3.8, 4) is 6.07 Å². The number of nitrogens with one attached hydrogen (secondary N) is 1. The van der Waals surface area contributed by atoms with Gasteiger partial charge in [-0.15, -0.1) is 0 Å². The van der Waals surface area contributed by atoms with E-state index in [-0.39, 0.29) is 5.54 Å². The third-order valence-electron chi connectivity index (χ3n) is 2.87. The van der Waals surface area contributed by atoms with E-state index in [9.17, 15) is 5.26 Å². The highest BCUT2D eigenvalue weighted by molar-refractivity contribution is 5.05. The van der Waals surface area contributed by atoms with Crippen molar-refractivity contribution in [3.05, 3.63) is 0 Å². The van der Waals surface area contributed by atoms with Crippen molar-refractivity contribution in [2.45, 2.75) is 58.9 Å². The number of nitrogens with zero attached hydrogens (tertiary/aromatic N) is 1. The van der Waals surface area contributed by atoms with Crippen LogP contribution in [0, 0.1) is 17.2 Å². The van der Waals surface area contributed by atoms with Crippen LogP contribution in [0.3, 0.4) is 0 Å². The quantitative estimate of drug-likeness (QED) is 0.597. The highest BCUT2D eigenvalue weighted by Gasteiger charge is 2.25. The second-order valence-electron chi connectivity index (χ2n) is 5.05. The molecule has 17 heavy (non-hydrogen) atoms. The summed E-state index contributed by atoms with van der Waals surface area (Å²) in [4.78, 5) is 0. The molecule has 0 spiro atoms. The van der Waals surface area contributed by atoms with Crippen LogP contribution in [0.15, 0.2) is 0 Å². The maximum atomic E-state index is 9.29. The topological polar surface area (TPSA) is 45.0 Å². The molecule has 3 nitrogen and oxygen atoms in total. The van der Waals surface area contributed by atoms with E-state index < -0.39 is 0 Å². The van der Waals surface area contributed by atoms with Gasteiger partial charge in [0.05, 0.1) is 6.07 Å². The normalized spacial score (nSPS) is 14.6. The summed E-state index contributed by atoms with van der Waals surface area (Å²) in [6, 6.07) is 2.43. The number of hydrogen-bond acceptors (Lipinski definition) is 3.